The number of anilines is 1. The van der Waals surface area contributed by atoms with Crippen LogP contribution in [0.1, 0.15) is 50.5 Å². The lowest BCUT2D eigenvalue weighted by atomic mass is 10.0. The maximum atomic E-state index is 13.0. The highest BCUT2D eigenvalue weighted by Gasteiger charge is 2.19. The van der Waals surface area contributed by atoms with E-state index in [1.54, 1.807) is 12.1 Å². The zero-order valence-electron chi connectivity index (χ0n) is 19.9. The summed E-state index contributed by atoms with van der Waals surface area (Å²) in [5, 5.41) is 5.37. The van der Waals surface area contributed by atoms with Crippen molar-refractivity contribution >= 4 is 22.4 Å². The van der Waals surface area contributed by atoms with Gasteiger partial charge in [0.1, 0.15) is 0 Å². The molecule has 33 heavy (non-hydrogen) atoms. The Kier molecular flexibility index (Phi) is 8.72. The highest BCUT2D eigenvalue weighted by molar-refractivity contribution is 7.14. The van der Waals surface area contributed by atoms with Gasteiger partial charge in [0.25, 0.3) is 5.91 Å². The zero-order valence-corrected chi connectivity index (χ0v) is 20.8. The van der Waals surface area contributed by atoms with E-state index in [0.29, 0.717) is 53.7 Å². The Morgan fingerprint density at radius 2 is 1.58 bits per heavy atom. The molecule has 0 aliphatic carbocycles. The van der Waals surface area contributed by atoms with E-state index in [9.17, 15) is 4.79 Å². The normalized spacial score (nSPS) is 10.8. The number of thiazole rings is 1. The first kappa shape index (κ1) is 24.6. The highest BCUT2D eigenvalue weighted by Crippen LogP contribution is 2.39. The van der Waals surface area contributed by atoms with Crippen LogP contribution in [-0.4, -0.2) is 30.7 Å². The minimum Gasteiger partial charge on any atom is -0.490 e. The number of rotatable bonds is 11. The van der Waals surface area contributed by atoms with E-state index in [4.69, 9.17) is 14.2 Å². The summed E-state index contributed by atoms with van der Waals surface area (Å²) in [5.74, 6) is 1.81. The van der Waals surface area contributed by atoms with Gasteiger partial charge in [-0.3, -0.25) is 10.1 Å². The molecule has 3 aromatic rings. The Balaban J connectivity index is 1.79. The molecule has 0 saturated heterocycles. The van der Waals surface area contributed by atoms with E-state index < -0.39 is 0 Å². The molecule has 1 aromatic heterocycles. The van der Waals surface area contributed by atoms with Crippen LogP contribution in [0.25, 0.3) is 11.3 Å². The van der Waals surface area contributed by atoms with Gasteiger partial charge in [-0.15, -0.1) is 11.3 Å². The van der Waals surface area contributed by atoms with Gasteiger partial charge in [0, 0.05) is 16.5 Å². The molecule has 1 N–H and O–H groups in total. The van der Waals surface area contributed by atoms with Crippen molar-refractivity contribution < 1.29 is 19.0 Å². The molecule has 0 saturated carbocycles. The van der Waals surface area contributed by atoms with Crippen LogP contribution in [0.3, 0.4) is 0 Å². The van der Waals surface area contributed by atoms with E-state index in [2.05, 4.69) is 48.4 Å². The molecule has 176 valence electrons. The van der Waals surface area contributed by atoms with Crippen LogP contribution in [0.4, 0.5) is 5.13 Å². The number of amides is 1. The van der Waals surface area contributed by atoms with Gasteiger partial charge >= 0.3 is 0 Å². The second-order valence-electron chi connectivity index (χ2n) is 7.89. The van der Waals surface area contributed by atoms with Gasteiger partial charge in [-0.2, -0.15) is 0 Å². The first-order valence-corrected chi connectivity index (χ1v) is 12.3. The van der Waals surface area contributed by atoms with Crippen molar-refractivity contribution in [2.45, 2.75) is 41.0 Å². The van der Waals surface area contributed by atoms with E-state index in [1.807, 2.05) is 26.2 Å². The first-order valence-electron chi connectivity index (χ1n) is 11.4. The van der Waals surface area contributed by atoms with Crippen molar-refractivity contribution in [1.29, 1.82) is 0 Å². The average molecular weight is 469 g/mol. The average Bonchev–Trinajstić information content (AvgIpc) is 3.24. The summed E-state index contributed by atoms with van der Waals surface area (Å²) in [6.45, 7) is 11.4. The maximum Gasteiger partial charge on any atom is 0.257 e. The fraction of sp³-hybridized carbons (Fsp3) is 0.385. The molecule has 0 unspecified atom stereocenters. The van der Waals surface area contributed by atoms with Gasteiger partial charge in [0.15, 0.2) is 16.6 Å². The molecular formula is C26H32N2O4S. The predicted molar refractivity (Wildman–Crippen MR) is 134 cm³/mol. The van der Waals surface area contributed by atoms with Gasteiger partial charge in [0.2, 0.25) is 5.75 Å². The minimum atomic E-state index is -0.284. The lowest BCUT2D eigenvalue weighted by molar-refractivity contribution is 0.102. The van der Waals surface area contributed by atoms with E-state index in [-0.39, 0.29) is 5.91 Å². The molecule has 0 spiro atoms. The largest absolute Gasteiger partial charge is 0.490 e. The fourth-order valence-electron chi connectivity index (χ4n) is 3.44. The molecule has 1 amide bonds. The number of nitrogens with one attached hydrogen (secondary N) is 1. The van der Waals surface area contributed by atoms with Crippen molar-refractivity contribution in [2.75, 3.05) is 25.1 Å². The van der Waals surface area contributed by atoms with Crippen LogP contribution >= 0.6 is 11.3 Å². The van der Waals surface area contributed by atoms with Crippen molar-refractivity contribution in [2.24, 2.45) is 5.92 Å². The number of carbonyl (C=O) groups excluding carboxylic acids is 1. The van der Waals surface area contributed by atoms with Crippen LogP contribution in [0.2, 0.25) is 0 Å². The molecule has 0 aliphatic rings. The van der Waals surface area contributed by atoms with Crippen LogP contribution in [-0.2, 0) is 6.42 Å². The number of hydrogen-bond donors (Lipinski definition) is 1. The second kappa shape index (κ2) is 11.7. The summed E-state index contributed by atoms with van der Waals surface area (Å²) in [4.78, 5) is 17.6. The molecule has 3 rings (SSSR count). The third-order valence-corrected chi connectivity index (χ3v) is 5.55. The Labute approximate surface area is 199 Å². The Bertz CT molecular complexity index is 1030. The van der Waals surface area contributed by atoms with Gasteiger partial charge < -0.3 is 14.2 Å². The first-order chi connectivity index (χ1) is 15.9. The Morgan fingerprint density at radius 1 is 0.970 bits per heavy atom. The van der Waals surface area contributed by atoms with E-state index in [0.717, 1.165) is 17.7 Å². The number of nitrogens with zero attached hydrogens (tertiary/aromatic N) is 1. The van der Waals surface area contributed by atoms with Crippen molar-refractivity contribution in [1.82, 2.24) is 4.98 Å². The second-order valence-corrected chi connectivity index (χ2v) is 8.75. The molecule has 0 aliphatic heterocycles. The number of benzene rings is 2. The summed E-state index contributed by atoms with van der Waals surface area (Å²) >= 11 is 1.39. The molecule has 1 heterocycles. The quantitative estimate of drug-likeness (QED) is 0.350. The summed E-state index contributed by atoms with van der Waals surface area (Å²) < 4.78 is 17.1. The Hall–Kier alpha value is -3.06. The molecule has 0 radical (unpaired) electrons. The van der Waals surface area contributed by atoms with Gasteiger partial charge in [0.05, 0.1) is 25.5 Å². The Morgan fingerprint density at radius 3 is 2.12 bits per heavy atom. The van der Waals surface area contributed by atoms with Crippen LogP contribution < -0.4 is 19.5 Å². The predicted octanol–water partition coefficient (Wildman–Crippen LogP) is 6.46. The summed E-state index contributed by atoms with van der Waals surface area (Å²) in [6.07, 6.45) is 1.05. The van der Waals surface area contributed by atoms with Gasteiger partial charge in [-0.1, -0.05) is 38.1 Å². The maximum absolute atomic E-state index is 13.0. The number of carbonyl (C=O) groups is 1. The topological polar surface area (TPSA) is 69.7 Å². The standard InChI is InChI=1S/C26H32N2O4S/c1-6-30-22-14-20(15-23(31-7-2)24(22)32-8-3)25(29)28-26-27-21(16-33-26)19-11-9-18(10-12-19)13-17(4)5/h9-12,14-17H,6-8,13H2,1-5H3,(H,27,28,29). The summed E-state index contributed by atoms with van der Waals surface area (Å²) in [6, 6.07) is 11.8. The third-order valence-electron chi connectivity index (χ3n) is 4.79. The molecule has 0 bridgehead atoms. The number of ether oxygens (including phenoxy) is 3. The molecular weight excluding hydrogens is 436 g/mol. The molecule has 0 fully saturated rings. The van der Waals surface area contributed by atoms with Crippen molar-refractivity contribution in [3.63, 3.8) is 0 Å². The van der Waals surface area contributed by atoms with E-state index >= 15 is 0 Å². The summed E-state index contributed by atoms with van der Waals surface area (Å²) in [7, 11) is 0. The number of aromatic nitrogens is 1. The van der Waals surface area contributed by atoms with E-state index in [1.165, 1.54) is 16.9 Å². The minimum absolute atomic E-state index is 0.284. The van der Waals surface area contributed by atoms with Gasteiger partial charge in [-0.25, -0.2) is 4.98 Å². The van der Waals surface area contributed by atoms with Crippen LogP contribution in [0.15, 0.2) is 41.8 Å². The SMILES string of the molecule is CCOc1cc(C(=O)Nc2nc(-c3ccc(CC(C)C)cc3)cs2)cc(OCC)c1OCC. The number of hydrogen-bond acceptors (Lipinski definition) is 6. The van der Waals surface area contributed by atoms with Crippen LogP contribution in [0.5, 0.6) is 17.2 Å². The molecule has 7 heteroatoms. The smallest absolute Gasteiger partial charge is 0.257 e. The molecule has 0 atom stereocenters. The van der Waals surface area contributed by atoms with Crippen molar-refractivity contribution in [3.8, 4) is 28.5 Å². The lowest BCUT2D eigenvalue weighted by Crippen LogP contribution is -2.13. The molecule has 2 aromatic carbocycles. The van der Waals surface area contributed by atoms with Crippen LogP contribution in [0, 0.1) is 5.92 Å². The molecule has 6 nitrogen and oxygen atoms in total. The van der Waals surface area contributed by atoms with Gasteiger partial charge in [-0.05, 0) is 50.8 Å². The van der Waals surface area contributed by atoms with Crippen molar-refractivity contribution in [3.05, 3.63) is 52.9 Å². The fourth-order valence-corrected chi connectivity index (χ4v) is 4.15. The third kappa shape index (κ3) is 6.48. The monoisotopic (exact) mass is 468 g/mol. The highest BCUT2D eigenvalue weighted by atomic mass is 32.1. The summed E-state index contributed by atoms with van der Waals surface area (Å²) in [5.41, 5.74) is 3.59. The zero-order chi connectivity index (χ0) is 23.8. The lowest BCUT2D eigenvalue weighted by Gasteiger charge is -2.16.